The molecule has 3 aromatic rings. The Bertz CT molecular complexity index is 876. The number of nitrogens with zero attached hydrogens (tertiary/aromatic N) is 3. The molecule has 1 amide bonds. The minimum atomic E-state index is -0.302. The fourth-order valence-electron chi connectivity index (χ4n) is 2.54. The molecule has 0 saturated heterocycles. The molecule has 0 saturated carbocycles. The number of hydrogen-bond donors (Lipinski definition) is 2. The molecule has 1 atom stereocenters. The van der Waals surface area contributed by atoms with E-state index in [2.05, 4.69) is 20.8 Å². The number of fused-ring (bicyclic) bond motifs is 1. The highest BCUT2D eigenvalue weighted by Gasteiger charge is 2.18. The molecule has 124 valence electrons. The smallest absolute Gasteiger partial charge is 0.254 e. The molecule has 0 bridgehead atoms. The lowest BCUT2D eigenvalue weighted by atomic mass is 10.1. The topological polar surface area (TPSA) is 71.3 Å². The lowest BCUT2D eigenvalue weighted by molar-refractivity contribution is 0.0939. The third-order valence-electron chi connectivity index (χ3n) is 3.67. The molecule has 7 heteroatoms. The van der Waals surface area contributed by atoms with Gasteiger partial charge < -0.3 is 10.6 Å². The maximum Gasteiger partial charge on any atom is 0.254 e. The van der Waals surface area contributed by atoms with Gasteiger partial charge in [-0.15, -0.1) is 10.2 Å². The molecule has 0 fully saturated rings. The summed E-state index contributed by atoms with van der Waals surface area (Å²) in [6.07, 6.45) is 1.87. The fraction of sp³-hybridized carbons (Fsp3) is 0.235. The molecular weight excluding hydrogens is 326 g/mol. The maximum absolute atomic E-state index is 12.7. The Morgan fingerprint density at radius 2 is 2.12 bits per heavy atom. The molecule has 24 heavy (non-hydrogen) atoms. The Morgan fingerprint density at radius 1 is 1.29 bits per heavy atom. The summed E-state index contributed by atoms with van der Waals surface area (Å²) in [4.78, 5) is 12.7. The molecule has 0 radical (unpaired) electrons. The Hall–Kier alpha value is -2.60. The van der Waals surface area contributed by atoms with Gasteiger partial charge in [0.1, 0.15) is 0 Å². The van der Waals surface area contributed by atoms with E-state index in [9.17, 15) is 4.79 Å². The van der Waals surface area contributed by atoms with E-state index in [4.69, 9.17) is 11.6 Å². The van der Waals surface area contributed by atoms with E-state index in [1.165, 1.54) is 0 Å². The highest BCUT2D eigenvalue weighted by atomic mass is 35.5. The van der Waals surface area contributed by atoms with Crippen LogP contribution >= 0.6 is 11.6 Å². The SMILES string of the molecule is CCNc1ccc(Cl)cc1C(=O)N[C@H](C)c1nnc2ccccn12. The molecule has 2 aromatic heterocycles. The normalized spacial score (nSPS) is 12.1. The third-order valence-corrected chi connectivity index (χ3v) is 3.90. The minimum absolute atomic E-state index is 0.214. The molecule has 2 heterocycles. The van der Waals surface area contributed by atoms with Crippen LogP contribution in [0.1, 0.15) is 36.1 Å². The quantitative estimate of drug-likeness (QED) is 0.745. The molecule has 6 nitrogen and oxygen atoms in total. The van der Waals surface area contributed by atoms with Crippen molar-refractivity contribution in [3.05, 3.63) is 59.0 Å². The van der Waals surface area contributed by atoms with Crippen molar-refractivity contribution in [1.29, 1.82) is 0 Å². The molecule has 0 unspecified atom stereocenters. The van der Waals surface area contributed by atoms with E-state index in [0.29, 0.717) is 23.0 Å². The summed E-state index contributed by atoms with van der Waals surface area (Å²) < 4.78 is 1.86. The van der Waals surface area contributed by atoms with E-state index in [1.54, 1.807) is 18.2 Å². The molecule has 3 rings (SSSR count). The van der Waals surface area contributed by atoms with Gasteiger partial charge in [-0.05, 0) is 44.2 Å². The van der Waals surface area contributed by atoms with E-state index in [0.717, 1.165) is 11.3 Å². The van der Waals surface area contributed by atoms with Gasteiger partial charge >= 0.3 is 0 Å². The highest BCUT2D eigenvalue weighted by molar-refractivity contribution is 6.31. The third kappa shape index (κ3) is 3.19. The number of aromatic nitrogens is 3. The average molecular weight is 344 g/mol. The number of carbonyl (C=O) groups is 1. The summed E-state index contributed by atoms with van der Waals surface area (Å²) in [5, 5.41) is 14.9. The molecular formula is C17H18ClN5O. The number of halogens is 1. The lowest BCUT2D eigenvalue weighted by Crippen LogP contribution is -2.28. The van der Waals surface area contributed by atoms with Gasteiger partial charge in [0.25, 0.3) is 5.91 Å². The first kappa shape index (κ1) is 16.3. The van der Waals surface area contributed by atoms with Crippen LogP contribution in [-0.4, -0.2) is 27.0 Å². The van der Waals surface area contributed by atoms with Crippen LogP contribution in [0.5, 0.6) is 0 Å². The number of hydrogen-bond acceptors (Lipinski definition) is 4. The van der Waals surface area contributed by atoms with Crippen LogP contribution in [0.2, 0.25) is 5.02 Å². The summed E-state index contributed by atoms with van der Waals surface area (Å²) in [5.41, 5.74) is 1.99. The summed E-state index contributed by atoms with van der Waals surface area (Å²) in [6, 6.07) is 10.6. The highest BCUT2D eigenvalue weighted by Crippen LogP contribution is 2.22. The first-order chi connectivity index (χ1) is 11.6. The summed E-state index contributed by atoms with van der Waals surface area (Å²) >= 11 is 6.04. The minimum Gasteiger partial charge on any atom is -0.385 e. The van der Waals surface area contributed by atoms with Crippen molar-refractivity contribution in [1.82, 2.24) is 19.9 Å². The van der Waals surface area contributed by atoms with Gasteiger partial charge in [-0.25, -0.2) is 0 Å². The Labute approximate surface area is 144 Å². The number of carbonyl (C=O) groups excluding carboxylic acids is 1. The van der Waals surface area contributed by atoms with Gasteiger partial charge in [-0.2, -0.15) is 0 Å². The second kappa shape index (κ2) is 6.88. The van der Waals surface area contributed by atoms with Gasteiger partial charge in [-0.3, -0.25) is 9.20 Å². The van der Waals surface area contributed by atoms with Crippen LogP contribution in [0.4, 0.5) is 5.69 Å². The van der Waals surface area contributed by atoms with Gasteiger partial charge in [-0.1, -0.05) is 17.7 Å². The second-order valence-corrected chi connectivity index (χ2v) is 5.84. The van der Waals surface area contributed by atoms with Crippen molar-refractivity contribution >= 4 is 28.8 Å². The van der Waals surface area contributed by atoms with Crippen LogP contribution in [0, 0.1) is 0 Å². The summed E-state index contributed by atoms with van der Waals surface area (Å²) in [6.45, 7) is 4.56. The zero-order valence-electron chi connectivity index (χ0n) is 13.5. The standard InChI is InChI=1S/C17H18ClN5O/c1-3-19-14-8-7-12(18)10-13(14)17(24)20-11(2)16-22-21-15-6-4-5-9-23(15)16/h4-11,19H,3H2,1-2H3,(H,20,24)/t11-/m1/s1. The van der Waals surface area contributed by atoms with Crippen LogP contribution in [0.3, 0.4) is 0 Å². The van der Waals surface area contributed by atoms with Crippen molar-refractivity contribution in [2.45, 2.75) is 19.9 Å². The predicted molar refractivity (Wildman–Crippen MR) is 94.5 cm³/mol. The maximum atomic E-state index is 12.7. The predicted octanol–water partition coefficient (Wildman–Crippen LogP) is 3.31. The van der Waals surface area contributed by atoms with Crippen molar-refractivity contribution in [3.8, 4) is 0 Å². The van der Waals surface area contributed by atoms with Crippen LogP contribution < -0.4 is 10.6 Å². The Kier molecular flexibility index (Phi) is 4.66. The molecule has 2 N–H and O–H groups in total. The first-order valence-electron chi connectivity index (χ1n) is 7.74. The molecule has 1 aromatic carbocycles. The van der Waals surface area contributed by atoms with Gasteiger partial charge in [0, 0.05) is 23.5 Å². The Morgan fingerprint density at radius 3 is 2.92 bits per heavy atom. The number of benzene rings is 1. The number of pyridine rings is 1. The monoisotopic (exact) mass is 343 g/mol. The van der Waals surface area contributed by atoms with Gasteiger partial charge in [0.15, 0.2) is 11.5 Å². The van der Waals surface area contributed by atoms with Crippen molar-refractivity contribution in [3.63, 3.8) is 0 Å². The number of anilines is 1. The van der Waals surface area contributed by atoms with Crippen LogP contribution in [0.15, 0.2) is 42.6 Å². The fourth-order valence-corrected chi connectivity index (χ4v) is 2.72. The number of amides is 1. The summed E-state index contributed by atoms with van der Waals surface area (Å²) in [7, 11) is 0. The van der Waals surface area contributed by atoms with Crippen LogP contribution in [-0.2, 0) is 0 Å². The zero-order valence-corrected chi connectivity index (χ0v) is 14.2. The largest absolute Gasteiger partial charge is 0.385 e. The van der Waals surface area contributed by atoms with Gasteiger partial charge in [0.05, 0.1) is 11.6 Å². The van der Waals surface area contributed by atoms with Crippen molar-refractivity contribution < 1.29 is 4.79 Å². The van der Waals surface area contributed by atoms with E-state index in [1.807, 2.05) is 42.6 Å². The number of rotatable bonds is 5. The molecule has 0 aliphatic rings. The van der Waals surface area contributed by atoms with E-state index in [-0.39, 0.29) is 11.9 Å². The summed E-state index contributed by atoms with van der Waals surface area (Å²) in [5.74, 6) is 0.458. The number of nitrogens with one attached hydrogen (secondary N) is 2. The second-order valence-electron chi connectivity index (χ2n) is 5.40. The zero-order chi connectivity index (χ0) is 17.1. The van der Waals surface area contributed by atoms with Crippen molar-refractivity contribution in [2.24, 2.45) is 0 Å². The molecule has 0 aliphatic carbocycles. The van der Waals surface area contributed by atoms with E-state index < -0.39 is 0 Å². The Balaban J connectivity index is 1.85. The van der Waals surface area contributed by atoms with Gasteiger partial charge in [0.2, 0.25) is 0 Å². The molecule has 0 spiro atoms. The average Bonchev–Trinajstić information content (AvgIpc) is 3.00. The van der Waals surface area contributed by atoms with Crippen LogP contribution in [0.25, 0.3) is 5.65 Å². The van der Waals surface area contributed by atoms with Crippen molar-refractivity contribution in [2.75, 3.05) is 11.9 Å². The lowest BCUT2D eigenvalue weighted by Gasteiger charge is -2.15. The first-order valence-corrected chi connectivity index (χ1v) is 8.12. The van der Waals surface area contributed by atoms with E-state index >= 15 is 0 Å². The molecule has 0 aliphatic heterocycles.